The number of hydrogen-bond acceptors (Lipinski definition) is 3. The molecule has 1 aromatic carbocycles. The lowest BCUT2D eigenvalue weighted by atomic mass is 10.2. The van der Waals surface area contributed by atoms with E-state index in [1.807, 2.05) is 11.8 Å². The summed E-state index contributed by atoms with van der Waals surface area (Å²) in [6.07, 6.45) is -0.255. The number of thioether (sulfide) groups is 1. The number of benzene rings is 1. The molecule has 0 aliphatic carbocycles. The van der Waals surface area contributed by atoms with Gasteiger partial charge in [0.05, 0.1) is 6.10 Å². The highest BCUT2D eigenvalue weighted by atomic mass is 32.2. The van der Waals surface area contributed by atoms with Crippen molar-refractivity contribution in [2.75, 3.05) is 18.8 Å². The molecule has 0 radical (unpaired) electrons. The Bertz CT molecular complexity index is 271. The second kappa shape index (κ2) is 6.88. The molecule has 84 valence electrons. The number of nitrogens with one attached hydrogen (secondary N) is 1. The lowest BCUT2D eigenvalue weighted by Crippen LogP contribution is -2.26. The van der Waals surface area contributed by atoms with E-state index in [9.17, 15) is 0 Å². The van der Waals surface area contributed by atoms with E-state index in [0.717, 1.165) is 12.3 Å². The summed E-state index contributed by atoms with van der Waals surface area (Å²) in [6.45, 7) is 5.50. The molecular formula is C12H19NOS. The molecule has 1 aromatic rings. The Morgan fingerprint density at radius 2 is 2.00 bits per heavy atom. The number of rotatable bonds is 6. The summed E-state index contributed by atoms with van der Waals surface area (Å²) in [5.41, 5.74) is 1.30. The number of aryl methyl sites for hydroxylation is 1. The van der Waals surface area contributed by atoms with Crippen molar-refractivity contribution in [3.8, 4) is 0 Å². The fraction of sp³-hybridized carbons (Fsp3) is 0.500. The number of aliphatic hydroxyl groups excluding tert-OH is 1. The Kier molecular flexibility index (Phi) is 5.76. The highest BCUT2D eigenvalue weighted by Gasteiger charge is 1.95. The molecule has 0 bridgehead atoms. The molecule has 1 rings (SSSR count). The Balaban J connectivity index is 2.12. The van der Waals surface area contributed by atoms with Gasteiger partial charge in [0, 0.05) is 23.7 Å². The summed E-state index contributed by atoms with van der Waals surface area (Å²) in [7, 11) is 0. The van der Waals surface area contributed by atoms with Crippen LogP contribution in [0.25, 0.3) is 0 Å². The van der Waals surface area contributed by atoms with Gasteiger partial charge >= 0.3 is 0 Å². The lowest BCUT2D eigenvalue weighted by molar-refractivity contribution is 0.192. The molecule has 2 N–H and O–H groups in total. The fourth-order valence-corrected chi connectivity index (χ4v) is 2.00. The third-order valence-corrected chi connectivity index (χ3v) is 3.02. The monoisotopic (exact) mass is 225 g/mol. The van der Waals surface area contributed by atoms with Crippen LogP contribution in [-0.4, -0.2) is 30.1 Å². The lowest BCUT2D eigenvalue weighted by Gasteiger charge is -2.06. The maximum atomic E-state index is 9.03. The molecule has 0 amide bonds. The van der Waals surface area contributed by atoms with Gasteiger partial charge in [0.25, 0.3) is 0 Å². The van der Waals surface area contributed by atoms with Crippen molar-refractivity contribution in [2.45, 2.75) is 24.8 Å². The van der Waals surface area contributed by atoms with Gasteiger partial charge in [0.15, 0.2) is 0 Å². The maximum Gasteiger partial charge on any atom is 0.0636 e. The minimum atomic E-state index is -0.255. The van der Waals surface area contributed by atoms with E-state index in [2.05, 4.69) is 36.5 Å². The van der Waals surface area contributed by atoms with Gasteiger partial charge < -0.3 is 10.4 Å². The summed E-state index contributed by atoms with van der Waals surface area (Å²) in [5, 5.41) is 12.2. The van der Waals surface area contributed by atoms with Crippen molar-refractivity contribution in [1.82, 2.24) is 5.32 Å². The van der Waals surface area contributed by atoms with Crippen LogP contribution in [0.5, 0.6) is 0 Å². The van der Waals surface area contributed by atoms with Crippen LogP contribution < -0.4 is 5.32 Å². The van der Waals surface area contributed by atoms with E-state index < -0.39 is 0 Å². The highest BCUT2D eigenvalue weighted by molar-refractivity contribution is 7.99. The van der Waals surface area contributed by atoms with Gasteiger partial charge in [0.1, 0.15) is 0 Å². The van der Waals surface area contributed by atoms with Crippen molar-refractivity contribution in [2.24, 2.45) is 0 Å². The van der Waals surface area contributed by atoms with E-state index in [-0.39, 0.29) is 6.10 Å². The third kappa shape index (κ3) is 5.82. The SMILES string of the molecule is Cc1ccc(SCCNCC(C)O)cc1. The molecule has 2 nitrogen and oxygen atoms in total. The molecule has 1 unspecified atom stereocenters. The van der Waals surface area contributed by atoms with E-state index in [0.29, 0.717) is 6.54 Å². The Morgan fingerprint density at radius 1 is 1.33 bits per heavy atom. The maximum absolute atomic E-state index is 9.03. The van der Waals surface area contributed by atoms with Crippen molar-refractivity contribution >= 4 is 11.8 Å². The quantitative estimate of drug-likeness (QED) is 0.574. The second-order valence-electron chi connectivity index (χ2n) is 3.71. The first kappa shape index (κ1) is 12.6. The van der Waals surface area contributed by atoms with Gasteiger partial charge in [-0.2, -0.15) is 0 Å². The molecule has 0 spiro atoms. The van der Waals surface area contributed by atoms with Crippen LogP contribution in [0.1, 0.15) is 12.5 Å². The van der Waals surface area contributed by atoms with Gasteiger partial charge in [-0.25, -0.2) is 0 Å². The average Bonchev–Trinajstić information content (AvgIpc) is 2.20. The predicted octanol–water partition coefficient (Wildman–Crippen LogP) is 2.06. The molecule has 0 saturated heterocycles. The predicted molar refractivity (Wildman–Crippen MR) is 66.5 cm³/mol. The van der Waals surface area contributed by atoms with Gasteiger partial charge in [-0.1, -0.05) is 17.7 Å². The summed E-state index contributed by atoms with van der Waals surface area (Å²) in [4.78, 5) is 1.31. The molecule has 3 heteroatoms. The van der Waals surface area contributed by atoms with Crippen LogP contribution in [0, 0.1) is 6.92 Å². The summed E-state index contributed by atoms with van der Waals surface area (Å²) in [5.74, 6) is 1.04. The van der Waals surface area contributed by atoms with Gasteiger partial charge in [-0.15, -0.1) is 11.8 Å². The zero-order valence-corrected chi connectivity index (χ0v) is 10.2. The van der Waals surface area contributed by atoms with Gasteiger partial charge in [0.2, 0.25) is 0 Å². The smallest absolute Gasteiger partial charge is 0.0636 e. The molecule has 15 heavy (non-hydrogen) atoms. The van der Waals surface area contributed by atoms with Crippen LogP contribution in [0.3, 0.4) is 0 Å². The van der Waals surface area contributed by atoms with Gasteiger partial charge in [-0.3, -0.25) is 0 Å². The molecule has 1 atom stereocenters. The standard InChI is InChI=1S/C12H19NOS/c1-10-3-5-12(6-4-10)15-8-7-13-9-11(2)14/h3-6,11,13-14H,7-9H2,1-2H3. The van der Waals surface area contributed by atoms with Crippen LogP contribution in [-0.2, 0) is 0 Å². The number of hydrogen-bond donors (Lipinski definition) is 2. The van der Waals surface area contributed by atoms with Crippen LogP contribution in [0.2, 0.25) is 0 Å². The van der Waals surface area contributed by atoms with E-state index >= 15 is 0 Å². The first-order valence-corrected chi connectivity index (χ1v) is 6.25. The highest BCUT2D eigenvalue weighted by Crippen LogP contribution is 2.17. The molecule has 0 fully saturated rings. The Morgan fingerprint density at radius 3 is 2.60 bits per heavy atom. The first-order chi connectivity index (χ1) is 7.18. The van der Waals surface area contributed by atoms with Gasteiger partial charge in [-0.05, 0) is 26.0 Å². The van der Waals surface area contributed by atoms with E-state index in [1.54, 1.807) is 6.92 Å². The summed E-state index contributed by atoms with van der Waals surface area (Å²) in [6, 6.07) is 8.56. The van der Waals surface area contributed by atoms with Crippen LogP contribution >= 0.6 is 11.8 Å². The van der Waals surface area contributed by atoms with Crippen molar-refractivity contribution in [3.63, 3.8) is 0 Å². The molecular weight excluding hydrogens is 206 g/mol. The van der Waals surface area contributed by atoms with Crippen LogP contribution in [0.4, 0.5) is 0 Å². The van der Waals surface area contributed by atoms with Crippen molar-refractivity contribution in [1.29, 1.82) is 0 Å². The zero-order valence-electron chi connectivity index (χ0n) is 9.36. The molecule has 0 aliphatic heterocycles. The number of aliphatic hydroxyl groups is 1. The Labute approximate surface area is 96.1 Å². The largest absolute Gasteiger partial charge is 0.392 e. The minimum Gasteiger partial charge on any atom is -0.392 e. The minimum absolute atomic E-state index is 0.255. The summed E-state index contributed by atoms with van der Waals surface area (Å²) < 4.78 is 0. The summed E-state index contributed by atoms with van der Waals surface area (Å²) >= 11 is 1.84. The normalized spacial score (nSPS) is 12.7. The van der Waals surface area contributed by atoms with Crippen molar-refractivity contribution in [3.05, 3.63) is 29.8 Å². The zero-order chi connectivity index (χ0) is 11.1. The Hall–Kier alpha value is -0.510. The fourth-order valence-electron chi connectivity index (χ4n) is 1.19. The second-order valence-corrected chi connectivity index (χ2v) is 4.88. The van der Waals surface area contributed by atoms with E-state index in [1.165, 1.54) is 10.5 Å². The molecule has 0 heterocycles. The van der Waals surface area contributed by atoms with Crippen molar-refractivity contribution < 1.29 is 5.11 Å². The van der Waals surface area contributed by atoms with Crippen LogP contribution in [0.15, 0.2) is 29.2 Å². The first-order valence-electron chi connectivity index (χ1n) is 5.27. The molecule has 0 saturated carbocycles. The van der Waals surface area contributed by atoms with E-state index in [4.69, 9.17) is 5.11 Å². The average molecular weight is 225 g/mol. The topological polar surface area (TPSA) is 32.3 Å². The molecule has 0 aromatic heterocycles. The third-order valence-electron chi connectivity index (χ3n) is 2.01. The molecule has 0 aliphatic rings.